The number of carbonyl (C=O) groups excluding carboxylic acids is 1. The van der Waals surface area contributed by atoms with Gasteiger partial charge in [-0.15, -0.1) is 5.10 Å². The molecule has 0 amide bonds. The number of esters is 1. The molecule has 27 heavy (non-hydrogen) atoms. The van der Waals surface area contributed by atoms with Gasteiger partial charge in [0.25, 0.3) is 0 Å². The highest BCUT2D eigenvalue weighted by atomic mass is 19.4. The van der Waals surface area contributed by atoms with E-state index in [2.05, 4.69) is 15.3 Å². The van der Waals surface area contributed by atoms with Crippen molar-refractivity contribution in [3.63, 3.8) is 0 Å². The Balaban J connectivity index is 1.40. The maximum atomic E-state index is 13.6. The molecule has 0 N–H and O–H groups in total. The van der Waals surface area contributed by atoms with Gasteiger partial charge < -0.3 is 9.64 Å². The molecule has 0 radical (unpaired) electrons. The van der Waals surface area contributed by atoms with Crippen LogP contribution in [-0.2, 0) is 17.5 Å². The number of aromatic nitrogens is 4. The first kappa shape index (κ1) is 16.5. The normalized spacial score (nSPS) is 27.5. The second kappa shape index (κ2) is 5.43. The summed E-state index contributed by atoms with van der Waals surface area (Å²) in [4.78, 5) is 17.6. The van der Waals surface area contributed by atoms with E-state index in [4.69, 9.17) is 4.74 Å². The number of hydrogen-bond donors (Lipinski definition) is 0. The fourth-order valence-electron chi connectivity index (χ4n) is 4.24. The van der Waals surface area contributed by atoms with Crippen molar-refractivity contribution in [3.8, 4) is 0 Å². The van der Waals surface area contributed by atoms with Crippen LogP contribution >= 0.6 is 0 Å². The lowest BCUT2D eigenvalue weighted by atomic mass is 10.1. The van der Waals surface area contributed by atoms with Crippen molar-refractivity contribution in [2.75, 3.05) is 18.1 Å². The molecular weight excluding hydrogens is 363 g/mol. The molecule has 7 nitrogen and oxygen atoms in total. The van der Waals surface area contributed by atoms with Gasteiger partial charge in [0, 0.05) is 18.2 Å². The van der Waals surface area contributed by atoms with Crippen LogP contribution in [0.1, 0.15) is 28.7 Å². The predicted octanol–water partition coefficient (Wildman–Crippen LogP) is 1.98. The topological polar surface area (TPSA) is 73.1 Å². The molecule has 10 heteroatoms. The van der Waals surface area contributed by atoms with E-state index in [1.807, 2.05) is 4.90 Å². The minimum Gasteiger partial charge on any atom is -0.461 e. The van der Waals surface area contributed by atoms with E-state index in [0.717, 1.165) is 6.54 Å². The molecule has 4 aliphatic rings. The van der Waals surface area contributed by atoms with Crippen molar-refractivity contribution < 1.29 is 22.7 Å². The molecule has 2 bridgehead atoms. The van der Waals surface area contributed by atoms with Crippen molar-refractivity contribution >= 4 is 11.8 Å². The molecule has 0 spiro atoms. The SMILES string of the molecule is CCOC(=O)c1cn(Cc2ccc(N3CC4C5C4C53)nc2C(F)(F)F)nn1. The molecule has 2 aromatic heterocycles. The molecule has 4 heterocycles. The Bertz CT molecular complexity index is 911. The van der Waals surface area contributed by atoms with E-state index in [-0.39, 0.29) is 24.4 Å². The summed E-state index contributed by atoms with van der Waals surface area (Å²) in [6.07, 6.45) is -3.31. The molecule has 2 aromatic rings. The third-order valence-electron chi connectivity index (χ3n) is 5.59. The molecule has 6 rings (SSSR count). The molecule has 2 saturated heterocycles. The van der Waals surface area contributed by atoms with E-state index in [1.54, 1.807) is 13.0 Å². The monoisotopic (exact) mass is 379 g/mol. The van der Waals surface area contributed by atoms with Gasteiger partial charge in [-0.2, -0.15) is 13.2 Å². The van der Waals surface area contributed by atoms with Crippen molar-refractivity contribution in [3.05, 3.63) is 35.3 Å². The van der Waals surface area contributed by atoms with Gasteiger partial charge in [0.15, 0.2) is 11.4 Å². The molecule has 142 valence electrons. The average molecular weight is 379 g/mol. The van der Waals surface area contributed by atoms with Crippen LogP contribution in [0.4, 0.5) is 19.0 Å². The van der Waals surface area contributed by atoms with Gasteiger partial charge in [0.1, 0.15) is 5.82 Å². The molecule has 0 aromatic carbocycles. The Morgan fingerprint density at radius 2 is 2.11 bits per heavy atom. The first-order valence-electron chi connectivity index (χ1n) is 8.79. The number of halogens is 3. The Kier molecular flexibility index (Phi) is 3.32. The van der Waals surface area contributed by atoms with Crippen molar-refractivity contribution in [2.45, 2.75) is 25.7 Å². The van der Waals surface area contributed by atoms with Crippen LogP contribution in [0, 0.1) is 17.8 Å². The summed E-state index contributed by atoms with van der Waals surface area (Å²) in [5.74, 6) is 1.73. The fraction of sp³-hybridized carbons (Fsp3) is 0.529. The third kappa shape index (κ3) is 2.57. The van der Waals surface area contributed by atoms with Crippen LogP contribution in [-0.4, -0.2) is 45.1 Å². The van der Waals surface area contributed by atoms with Crippen LogP contribution in [0.2, 0.25) is 0 Å². The van der Waals surface area contributed by atoms with E-state index >= 15 is 0 Å². The molecule has 2 aliphatic carbocycles. The summed E-state index contributed by atoms with van der Waals surface area (Å²) >= 11 is 0. The van der Waals surface area contributed by atoms with Gasteiger partial charge in [0.2, 0.25) is 0 Å². The number of carbonyl (C=O) groups is 1. The zero-order valence-corrected chi connectivity index (χ0v) is 14.3. The molecule has 2 aliphatic heterocycles. The highest BCUT2D eigenvalue weighted by Crippen LogP contribution is 2.75. The smallest absolute Gasteiger partial charge is 0.433 e. The van der Waals surface area contributed by atoms with Crippen LogP contribution < -0.4 is 4.90 Å². The average Bonchev–Trinajstić information content (AvgIpc) is 3.28. The van der Waals surface area contributed by atoms with Gasteiger partial charge in [0.05, 0.1) is 19.3 Å². The van der Waals surface area contributed by atoms with Crippen molar-refractivity contribution in [1.29, 1.82) is 0 Å². The molecular formula is C17H16F3N5O2. The van der Waals surface area contributed by atoms with Crippen LogP contribution in [0.15, 0.2) is 18.3 Å². The Hall–Kier alpha value is -2.65. The highest BCUT2D eigenvalue weighted by Gasteiger charge is 2.80. The summed E-state index contributed by atoms with van der Waals surface area (Å²) in [7, 11) is 0. The number of fused-ring (bicyclic) bond motifs is 1. The first-order valence-corrected chi connectivity index (χ1v) is 8.79. The number of pyridine rings is 1. The quantitative estimate of drug-likeness (QED) is 0.740. The minimum atomic E-state index is -4.58. The lowest BCUT2D eigenvalue weighted by molar-refractivity contribution is -0.141. The lowest BCUT2D eigenvalue weighted by Gasteiger charge is -2.20. The van der Waals surface area contributed by atoms with E-state index in [0.29, 0.717) is 29.6 Å². The summed E-state index contributed by atoms with van der Waals surface area (Å²) < 4.78 is 46.7. The van der Waals surface area contributed by atoms with Gasteiger partial charge in [-0.3, -0.25) is 0 Å². The first-order chi connectivity index (χ1) is 12.9. The largest absolute Gasteiger partial charge is 0.461 e. The predicted molar refractivity (Wildman–Crippen MR) is 85.9 cm³/mol. The fourth-order valence-corrected chi connectivity index (χ4v) is 4.24. The second-order valence-corrected chi connectivity index (χ2v) is 7.16. The van der Waals surface area contributed by atoms with Gasteiger partial charge >= 0.3 is 12.1 Å². The number of hydrogen-bond acceptors (Lipinski definition) is 6. The number of alkyl halides is 3. The Labute approximate surface area is 152 Å². The zero-order valence-electron chi connectivity index (χ0n) is 14.3. The van der Waals surface area contributed by atoms with E-state index in [9.17, 15) is 18.0 Å². The van der Waals surface area contributed by atoms with E-state index < -0.39 is 17.8 Å². The minimum absolute atomic E-state index is 0.0227. The molecule has 2 saturated carbocycles. The number of ether oxygens (including phenoxy) is 1. The lowest BCUT2D eigenvalue weighted by Crippen LogP contribution is -2.24. The molecule has 4 fully saturated rings. The number of rotatable bonds is 5. The number of piperidine rings is 1. The Morgan fingerprint density at radius 1 is 1.33 bits per heavy atom. The summed E-state index contributed by atoms with van der Waals surface area (Å²) in [6.45, 7) is 2.44. The number of anilines is 1. The van der Waals surface area contributed by atoms with Crippen LogP contribution in [0.5, 0.6) is 0 Å². The van der Waals surface area contributed by atoms with Gasteiger partial charge in [-0.05, 0) is 30.7 Å². The number of nitrogens with zero attached hydrogens (tertiary/aromatic N) is 5. The van der Waals surface area contributed by atoms with Crippen LogP contribution in [0.25, 0.3) is 0 Å². The van der Waals surface area contributed by atoms with Gasteiger partial charge in [-0.1, -0.05) is 11.3 Å². The van der Waals surface area contributed by atoms with Gasteiger partial charge in [-0.25, -0.2) is 14.5 Å². The third-order valence-corrected chi connectivity index (χ3v) is 5.59. The summed E-state index contributed by atoms with van der Waals surface area (Å²) in [5.41, 5.74) is -0.993. The molecule has 2 atom stereocenters. The standard InChI is InChI=1S/C17H16F3N5O2/c1-2-27-16(26)10-7-24(23-22-10)5-8-3-4-11(21-15(8)17(18,19)20)25-6-9-12-13(9)14(12)25/h3-4,7,9,12-14H,2,5-6H2,1H3. The van der Waals surface area contributed by atoms with Crippen molar-refractivity contribution in [2.24, 2.45) is 17.8 Å². The second-order valence-electron chi connectivity index (χ2n) is 7.16. The summed E-state index contributed by atoms with van der Waals surface area (Å²) in [6, 6.07) is 3.45. The maximum Gasteiger partial charge on any atom is 0.433 e. The van der Waals surface area contributed by atoms with Crippen LogP contribution in [0.3, 0.4) is 0 Å². The zero-order chi connectivity index (χ0) is 18.9. The molecule has 2 unspecified atom stereocenters. The van der Waals surface area contributed by atoms with Crippen molar-refractivity contribution in [1.82, 2.24) is 20.0 Å². The highest BCUT2D eigenvalue weighted by molar-refractivity contribution is 5.86. The maximum absolute atomic E-state index is 13.6. The van der Waals surface area contributed by atoms with E-state index in [1.165, 1.54) is 16.9 Å². The summed E-state index contributed by atoms with van der Waals surface area (Å²) in [5, 5.41) is 7.37. The Morgan fingerprint density at radius 3 is 2.74 bits per heavy atom.